The number of nitrogens with zero attached hydrogens (tertiary/aromatic N) is 1. The van der Waals surface area contributed by atoms with Gasteiger partial charge in [0.05, 0.1) is 18.1 Å². The van der Waals surface area contributed by atoms with Crippen LogP contribution in [0.25, 0.3) is 0 Å². The van der Waals surface area contributed by atoms with Gasteiger partial charge in [-0.25, -0.2) is 0 Å². The van der Waals surface area contributed by atoms with E-state index in [1.807, 2.05) is 18.2 Å². The molecule has 1 aliphatic heterocycles. The Hall–Kier alpha value is -2.18. The number of amides is 2. The summed E-state index contributed by atoms with van der Waals surface area (Å²) in [4.78, 5) is 29.2. The Morgan fingerprint density at radius 2 is 2.04 bits per heavy atom. The normalized spacial score (nSPS) is 19.4. The maximum Gasteiger partial charge on any atom is 0.265 e. The van der Waals surface area contributed by atoms with Crippen molar-refractivity contribution in [1.29, 1.82) is 0 Å². The van der Waals surface area contributed by atoms with Crippen LogP contribution in [-0.4, -0.2) is 43.0 Å². The van der Waals surface area contributed by atoms with Gasteiger partial charge in [-0.3, -0.25) is 9.59 Å². The van der Waals surface area contributed by atoms with Crippen LogP contribution in [0.5, 0.6) is 0 Å². The van der Waals surface area contributed by atoms with Gasteiger partial charge >= 0.3 is 0 Å². The first-order chi connectivity index (χ1) is 13.1. The SMILES string of the molecule is CC1CCc2sc(C(=O)Nc3cccc(C(=O)N4CCOCC4)c3)cc2C1. The Bertz CT molecular complexity index is 855. The fraction of sp³-hybridized carbons (Fsp3) is 0.429. The van der Waals surface area contributed by atoms with E-state index in [4.69, 9.17) is 4.74 Å². The molecule has 0 bridgehead atoms. The summed E-state index contributed by atoms with van der Waals surface area (Å²) in [7, 11) is 0. The maximum atomic E-state index is 12.7. The highest BCUT2D eigenvalue weighted by molar-refractivity contribution is 7.14. The van der Waals surface area contributed by atoms with Crippen molar-refractivity contribution in [2.45, 2.75) is 26.2 Å². The number of aryl methyl sites for hydroxylation is 1. The van der Waals surface area contributed by atoms with Crippen molar-refractivity contribution in [1.82, 2.24) is 4.90 Å². The summed E-state index contributed by atoms with van der Waals surface area (Å²) in [5, 5.41) is 2.95. The molecule has 4 rings (SSSR count). The molecular weight excluding hydrogens is 360 g/mol. The summed E-state index contributed by atoms with van der Waals surface area (Å²) in [6, 6.07) is 9.21. The van der Waals surface area contributed by atoms with Gasteiger partial charge in [0.1, 0.15) is 0 Å². The Balaban J connectivity index is 1.46. The molecule has 2 aliphatic rings. The fourth-order valence-electron chi connectivity index (χ4n) is 3.69. The van der Waals surface area contributed by atoms with Gasteiger partial charge in [-0.2, -0.15) is 0 Å². The number of rotatable bonds is 3. The fourth-order valence-corrected chi connectivity index (χ4v) is 4.79. The first-order valence-corrected chi connectivity index (χ1v) is 10.3. The van der Waals surface area contributed by atoms with E-state index >= 15 is 0 Å². The first-order valence-electron chi connectivity index (χ1n) is 9.50. The van der Waals surface area contributed by atoms with Crippen LogP contribution < -0.4 is 5.32 Å². The number of hydrogen-bond donors (Lipinski definition) is 1. The minimum absolute atomic E-state index is 0.0185. The van der Waals surface area contributed by atoms with Crippen molar-refractivity contribution < 1.29 is 14.3 Å². The molecule has 1 saturated heterocycles. The lowest BCUT2D eigenvalue weighted by molar-refractivity contribution is 0.0303. The van der Waals surface area contributed by atoms with Crippen LogP contribution in [0, 0.1) is 5.92 Å². The Kier molecular flexibility index (Phi) is 5.27. The van der Waals surface area contributed by atoms with Crippen LogP contribution in [0.3, 0.4) is 0 Å². The Labute approximate surface area is 163 Å². The highest BCUT2D eigenvalue weighted by Gasteiger charge is 2.22. The number of nitrogens with one attached hydrogen (secondary N) is 1. The number of hydrogen-bond acceptors (Lipinski definition) is 4. The van der Waals surface area contributed by atoms with Crippen LogP contribution in [0.1, 0.15) is 43.8 Å². The molecule has 2 aromatic rings. The largest absolute Gasteiger partial charge is 0.378 e. The molecule has 1 atom stereocenters. The standard InChI is InChI=1S/C21H24N2O3S/c1-14-5-6-18-16(11-14)13-19(27-18)20(24)22-17-4-2-3-15(12-17)21(25)23-7-9-26-10-8-23/h2-4,12-14H,5-11H2,1H3,(H,22,24). The second-order valence-corrected chi connectivity index (χ2v) is 8.48. The third-order valence-electron chi connectivity index (χ3n) is 5.22. The maximum absolute atomic E-state index is 12.7. The van der Waals surface area contributed by atoms with E-state index < -0.39 is 0 Å². The van der Waals surface area contributed by atoms with Gasteiger partial charge in [0.15, 0.2) is 0 Å². The minimum Gasteiger partial charge on any atom is -0.378 e. The topological polar surface area (TPSA) is 58.6 Å². The van der Waals surface area contributed by atoms with Crippen molar-refractivity contribution >= 4 is 28.8 Å². The van der Waals surface area contributed by atoms with Gasteiger partial charge in [0, 0.05) is 29.2 Å². The van der Waals surface area contributed by atoms with E-state index in [-0.39, 0.29) is 11.8 Å². The molecule has 6 heteroatoms. The molecule has 1 N–H and O–H groups in total. The van der Waals surface area contributed by atoms with E-state index in [0.717, 1.165) is 17.7 Å². The van der Waals surface area contributed by atoms with Crippen LogP contribution in [0.4, 0.5) is 5.69 Å². The zero-order valence-corrected chi connectivity index (χ0v) is 16.3. The zero-order chi connectivity index (χ0) is 18.8. The van der Waals surface area contributed by atoms with E-state index in [0.29, 0.717) is 43.5 Å². The summed E-state index contributed by atoms with van der Waals surface area (Å²) in [5.74, 6) is 0.568. The molecule has 5 nitrogen and oxygen atoms in total. The van der Waals surface area contributed by atoms with Gasteiger partial charge in [-0.05, 0) is 55.0 Å². The molecule has 2 amide bonds. The first kappa shape index (κ1) is 18.2. The van der Waals surface area contributed by atoms with Gasteiger partial charge in [-0.1, -0.05) is 13.0 Å². The van der Waals surface area contributed by atoms with Gasteiger partial charge in [-0.15, -0.1) is 11.3 Å². The minimum atomic E-state index is -0.0991. The summed E-state index contributed by atoms with van der Waals surface area (Å²) in [6.07, 6.45) is 3.32. The average molecular weight is 385 g/mol. The van der Waals surface area contributed by atoms with Crippen LogP contribution in [0.2, 0.25) is 0 Å². The average Bonchev–Trinajstić information content (AvgIpc) is 3.11. The predicted octanol–water partition coefficient (Wildman–Crippen LogP) is 3.60. The molecule has 1 unspecified atom stereocenters. The monoisotopic (exact) mass is 384 g/mol. The summed E-state index contributed by atoms with van der Waals surface area (Å²) in [5.41, 5.74) is 2.56. The van der Waals surface area contributed by atoms with Crippen LogP contribution in [-0.2, 0) is 17.6 Å². The molecule has 2 heterocycles. The highest BCUT2D eigenvalue weighted by atomic mass is 32.1. The van der Waals surface area contributed by atoms with Gasteiger partial charge < -0.3 is 15.0 Å². The van der Waals surface area contributed by atoms with Crippen LogP contribution >= 0.6 is 11.3 Å². The number of morpholine rings is 1. The zero-order valence-electron chi connectivity index (χ0n) is 15.5. The van der Waals surface area contributed by atoms with Crippen molar-refractivity contribution in [3.63, 3.8) is 0 Å². The lowest BCUT2D eigenvalue weighted by Crippen LogP contribution is -2.40. The van der Waals surface area contributed by atoms with Crippen molar-refractivity contribution in [3.05, 3.63) is 51.2 Å². The number of benzene rings is 1. The molecular formula is C21H24N2O3S. The van der Waals surface area contributed by atoms with Gasteiger partial charge in [0.25, 0.3) is 11.8 Å². The lowest BCUT2D eigenvalue weighted by atomic mass is 9.90. The third-order valence-corrected chi connectivity index (χ3v) is 6.45. The molecule has 1 aromatic carbocycles. The quantitative estimate of drug-likeness (QED) is 0.880. The smallest absolute Gasteiger partial charge is 0.265 e. The number of carbonyl (C=O) groups excluding carboxylic acids is 2. The number of thiophene rings is 1. The van der Waals surface area contributed by atoms with Crippen LogP contribution in [0.15, 0.2) is 30.3 Å². The Morgan fingerprint density at radius 1 is 1.22 bits per heavy atom. The number of carbonyl (C=O) groups is 2. The molecule has 27 heavy (non-hydrogen) atoms. The lowest BCUT2D eigenvalue weighted by Gasteiger charge is -2.27. The second kappa shape index (κ2) is 7.82. The van der Waals surface area contributed by atoms with Crippen molar-refractivity contribution in [2.75, 3.05) is 31.6 Å². The third kappa shape index (κ3) is 4.06. The van der Waals surface area contributed by atoms with Crippen molar-refractivity contribution in [2.24, 2.45) is 5.92 Å². The number of anilines is 1. The van der Waals surface area contributed by atoms with E-state index in [9.17, 15) is 9.59 Å². The van der Waals surface area contributed by atoms with E-state index in [2.05, 4.69) is 12.2 Å². The number of fused-ring (bicyclic) bond motifs is 1. The molecule has 1 fully saturated rings. The molecule has 0 spiro atoms. The molecule has 142 valence electrons. The highest BCUT2D eigenvalue weighted by Crippen LogP contribution is 2.32. The summed E-state index contributed by atoms with van der Waals surface area (Å²) >= 11 is 1.60. The Morgan fingerprint density at radius 3 is 2.85 bits per heavy atom. The molecule has 1 aromatic heterocycles. The molecule has 0 radical (unpaired) electrons. The van der Waals surface area contributed by atoms with E-state index in [1.54, 1.807) is 28.4 Å². The van der Waals surface area contributed by atoms with E-state index in [1.165, 1.54) is 16.9 Å². The summed E-state index contributed by atoms with van der Waals surface area (Å²) in [6.45, 7) is 4.62. The molecule has 1 aliphatic carbocycles. The summed E-state index contributed by atoms with van der Waals surface area (Å²) < 4.78 is 5.30. The second-order valence-electron chi connectivity index (χ2n) is 7.35. The molecule has 0 saturated carbocycles. The predicted molar refractivity (Wildman–Crippen MR) is 107 cm³/mol. The van der Waals surface area contributed by atoms with Gasteiger partial charge in [0.2, 0.25) is 0 Å². The van der Waals surface area contributed by atoms with Crippen molar-refractivity contribution in [3.8, 4) is 0 Å². The number of ether oxygens (including phenoxy) is 1.